The minimum atomic E-state index is -0.166. The van der Waals surface area contributed by atoms with Gasteiger partial charge in [-0.2, -0.15) is 11.8 Å². The summed E-state index contributed by atoms with van der Waals surface area (Å²) < 4.78 is 0. The number of rotatable bonds is 2. The number of hydrogen-bond donors (Lipinski definition) is 1. The van der Waals surface area contributed by atoms with Crippen molar-refractivity contribution in [2.24, 2.45) is 0 Å². The average Bonchev–Trinajstić information content (AvgIpc) is 2.31. The summed E-state index contributed by atoms with van der Waals surface area (Å²) in [7, 11) is 0. The monoisotopic (exact) mass is 257 g/mol. The summed E-state index contributed by atoms with van der Waals surface area (Å²) in [5.74, 6) is 2.05. The third-order valence-corrected chi connectivity index (χ3v) is 3.67. The summed E-state index contributed by atoms with van der Waals surface area (Å²) in [4.78, 5) is 11.8. The first-order valence-corrected chi connectivity index (χ1v) is 6.67. The lowest BCUT2D eigenvalue weighted by Gasteiger charge is -2.22. The van der Waals surface area contributed by atoms with Crippen molar-refractivity contribution in [3.63, 3.8) is 0 Å². The average molecular weight is 258 g/mol. The molecule has 2 rings (SSSR count). The highest BCUT2D eigenvalue weighted by atomic mass is 35.5. The zero-order chi connectivity index (χ0) is 11.4. The van der Waals surface area contributed by atoms with Gasteiger partial charge in [0.1, 0.15) is 0 Å². The molecule has 1 aliphatic rings. The predicted molar refractivity (Wildman–Crippen MR) is 64.9 cm³/mol. The highest BCUT2D eigenvalue weighted by molar-refractivity contribution is 7.99. The van der Waals surface area contributed by atoms with Gasteiger partial charge >= 0.3 is 0 Å². The maximum atomic E-state index is 11.8. The van der Waals surface area contributed by atoms with Crippen LogP contribution in [0.5, 0.6) is 0 Å². The van der Waals surface area contributed by atoms with Crippen LogP contribution in [0.3, 0.4) is 0 Å². The van der Waals surface area contributed by atoms with Crippen LogP contribution in [0, 0.1) is 0 Å². The van der Waals surface area contributed by atoms with Crippen molar-refractivity contribution < 1.29 is 4.79 Å². The Morgan fingerprint density at radius 3 is 2.75 bits per heavy atom. The second-order valence-corrected chi connectivity index (χ2v) is 5.21. The van der Waals surface area contributed by atoms with E-state index in [1.54, 1.807) is 12.1 Å². The molecule has 86 valence electrons. The number of nitrogens with one attached hydrogen (secondary N) is 1. The van der Waals surface area contributed by atoms with Crippen molar-refractivity contribution >= 4 is 29.3 Å². The summed E-state index contributed by atoms with van der Waals surface area (Å²) in [6.07, 6.45) is 2.05. The number of halogens is 1. The molecule has 0 bridgehead atoms. The van der Waals surface area contributed by atoms with Crippen molar-refractivity contribution in [2.45, 2.75) is 18.9 Å². The van der Waals surface area contributed by atoms with Gasteiger partial charge in [-0.15, -0.1) is 10.2 Å². The molecule has 0 aromatic carbocycles. The van der Waals surface area contributed by atoms with Gasteiger partial charge < -0.3 is 5.32 Å². The maximum Gasteiger partial charge on any atom is 0.272 e. The molecule has 16 heavy (non-hydrogen) atoms. The number of nitrogens with zero attached hydrogens (tertiary/aromatic N) is 2. The fourth-order valence-electron chi connectivity index (χ4n) is 1.54. The van der Waals surface area contributed by atoms with Crippen LogP contribution in [-0.4, -0.2) is 33.7 Å². The Labute approximate surface area is 103 Å². The lowest BCUT2D eigenvalue weighted by molar-refractivity contribution is 0.0929. The van der Waals surface area contributed by atoms with Crippen LogP contribution in [0.1, 0.15) is 23.3 Å². The molecule has 1 aromatic heterocycles. The number of aromatic nitrogens is 2. The lowest BCUT2D eigenvalue weighted by atomic mass is 10.1. The number of carbonyl (C=O) groups excluding carboxylic acids is 1. The highest BCUT2D eigenvalue weighted by Gasteiger charge is 2.17. The van der Waals surface area contributed by atoms with Crippen LogP contribution in [-0.2, 0) is 0 Å². The molecule has 0 aliphatic carbocycles. The summed E-state index contributed by atoms with van der Waals surface area (Å²) in [6, 6.07) is 3.42. The van der Waals surface area contributed by atoms with Crippen molar-refractivity contribution in [2.75, 3.05) is 11.5 Å². The van der Waals surface area contributed by atoms with E-state index in [-0.39, 0.29) is 11.9 Å². The normalized spacial score (nSPS) is 17.1. The molecule has 1 saturated heterocycles. The van der Waals surface area contributed by atoms with E-state index < -0.39 is 0 Å². The van der Waals surface area contributed by atoms with Crippen LogP contribution in [0.25, 0.3) is 0 Å². The molecule has 1 amide bonds. The van der Waals surface area contributed by atoms with Gasteiger partial charge in [-0.25, -0.2) is 0 Å². The molecule has 2 heterocycles. The summed E-state index contributed by atoms with van der Waals surface area (Å²) in [5, 5.41) is 10.6. The molecule has 0 unspecified atom stereocenters. The number of thioether (sulfide) groups is 1. The van der Waals surface area contributed by atoms with Crippen LogP contribution < -0.4 is 5.32 Å². The van der Waals surface area contributed by atoms with Gasteiger partial charge in [-0.1, -0.05) is 11.6 Å². The molecule has 0 radical (unpaired) electrons. The van der Waals surface area contributed by atoms with E-state index in [0.717, 1.165) is 24.3 Å². The van der Waals surface area contributed by atoms with Gasteiger partial charge in [0.25, 0.3) is 5.91 Å². The standard InChI is InChI=1S/C10H12ClN3OS/c11-9-2-1-8(13-14-9)10(15)12-7-3-5-16-6-4-7/h1-2,7H,3-6H2,(H,12,15). The first kappa shape index (κ1) is 11.7. The van der Waals surface area contributed by atoms with Gasteiger partial charge in [-0.3, -0.25) is 4.79 Å². The van der Waals surface area contributed by atoms with Crippen molar-refractivity contribution in [3.8, 4) is 0 Å². The Bertz CT molecular complexity index is 365. The Balaban J connectivity index is 1.94. The molecule has 1 aromatic rings. The number of hydrogen-bond acceptors (Lipinski definition) is 4. The van der Waals surface area contributed by atoms with Crippen molar-refractivity contribution in [3.05, 3.63) is 23.0 Å². The van der Waals surface area contributed by atoms with Gasteiger partial charge in [0.15, 0.2) is 10.8 Å². The fraction of sp³-hybridized carbons (Fsp3) is 0.500. The molecule has 4 nitrogen and oxygen atoms in total. The Morgan fingerprint density at radius 1 is 1.38 bits per heavy atom. The maximum absolute atomic E-state index is 11.8. The molecule has 0 spiro atoms. The molecule has 1 N–H and O–H groups in total. The molecule has 0 saturated carbocycles. The Morgan fingerprint density at radius 2 is 2.12 bits per heavy atom. The molecular formula is C10H12ClN3OS. The number of carbonyl (C=O) groups is 1. The Hall–Kier alpha value is -0.810. The summed E-state index contributed by atoms with van der Waals surface area (Å²) >= 11 is 7.53. The largest absolute Gasteiger partial charge is 0.348 e. The van der Waals surface area contributed by atoms with E-state index in [9.17, 15) is 4.79 Å². The van der Waals surface area contributed by atoms with E-state index in [4.69, 9.17) is 11.6 Å². The molecule has 1 aliphatic heterocycles. The van der Waals surface area contributed by atoms with E-state index in [2.05, 4.69) is 15.5 Å². The predicted octanol–water partition coefficient (Wildman–Crippen LogP) is 1.76. The fourth-order valence-corrected chi connectivity index (χ4v) is 2.75. The quantitative estimate of drug-likeness (QED) is 0.877. The van der Waals surface area contributed by atoms with Gasteiger partial charge in [0.05, 0.1) is 0 Å². The minimum absolute atomic E-state index is 0.166. The zero-order valence-corrected chi connectivity index (χ0v) is 10.2. The van der Waals surface area contributed by atoms with Crippen LogP contribution >= 0.6 is 23.4 Å². The minimum Gasteiger partial charge on any atom is -0.348 e. The smallest absolute Gasteiger partial charge is 0.272 e. The van der Waals surface area contributed by atoms with Gasteiger partial charge in [0, 0.05) is 6.04 Å². The van der Waals surface area contributed by atoms with Crippen LogP contribution in [0.4, 0.5) is 0 Å². The first-order valence-electron chi connectivity index (χ1n) is 5.13. The van der Waals surface area contributed by atoms with Crippen LogP contribution in [0.15, 0.2) is 12.1 Å². The number of amides is 1. The topological polar surface area (TPSA) is 54.9 Å². The molecule has 0 atom stereocenters. The second-order valence-electron chi connectivity index (χ2n) is 3.60. The van der Waals surface area contributed by atoms with Gasteiger partial charge in [-0.05, 0) is 36.5 Å². The lowest BCUT2D eigenvalue weighted by Crippen LogP contribution is -2.37. The summed E-state index contributed by atoms with van der Waals surface area (Å²) in [5.41, 5.74) is 0.322. The molecular weight excluding hydrogens is 246 g/mol. The van der Waals surface area contributed by atoms with E-state index >= 15 is 0 Å². The third-order valence-electron chi connectivity index (χ3n) is 2.42. The zero-order valence-electron chi connectivity index (χ0n) is 8.65. The molecule has 1 fully saturated rings. The highest BCUT2D eigenvalue weighted by Crippen LogP contribution is 2.17. The first-order chi connectivity index (χ1) is 7.75. The molecule has 6 heteroatoms. The SMILES string of the molecule is O=C(NC1CCSCC1)c1ccc(Cl)nn1. The van der Waals surface area contributed by atoms with E-state index in [0.29, 0.717) is 10.8 Å². The van der Waals surface area contributed by atoms with Gasteiger partial charge in [0.2, 0.25) is 0 Å². The van der Waals surface area contributed by atoms with Crippen LogP contribution in [0.2, 0.25) is 5.15 Å². The third kappa shape index (κ3) is 3.09. The van der Waals surface area contributed by atoms with E-state index in [1.807, 2.05) is 11.8 Å². The van der Waals surface area contributed by atoms with Crippen molar-refractivity contribution in [1.29, 1.82) is 0 Å². The summed E-state index contributed by atoms with van der Waals surface area (Å²) in [6.45, 7) is 0. The van der Waals surface area contributed by atoms with Crippen molar-refractivity contribution in [1.82, 2.24) is 15.5 Å². The van der Waals surface area contributed by atoms with E-state index in [1.165, 1.54) is 0 Å². The Kier molecular flexibility index (Phi) is 4.01. The second kappa shape index (κ2) is 5.50.